The number of likely N-dealkylation sites (tertiary alicyclic amines) is 1. The number of carboxylic acid groups (broad SMARTS) is 1. The van der Waals surface area contributed by atoms with Crippen molar-refractivity contribution in [2.75, 3.05) is 6.54 Å². The van der Waals surface area contributed by atoms with Gasteiger partial charge >= 0.3 is 12.0 Å². The molecular weight excluding hydrogens is 236 g/mol. The van der Waals surface area contributed by atoms with Crippen LogP contribution in [0.25, 0.3) is 0 Å². The monoisotopic (exact) mass is 254 g/mol. The van der Waals surface area contributed by atoms with Crippen molar-refractivity contribution < 1.29 is 19.8 Å². The number of hydrogen-bond acceptors (Lipinski definition) is 3. The molecule has 2 amide bonds. The summed E-state index contributed by atoms with van der Waals surface area (Å²) in [5.74, 6) is 0.195. The average Bonchev–Trinajstić information content (AvgIpc) is 2.88. The Balaban J connectivity index is 1.71. The van der Waals surface area contributed by atoms with Gasteiger partial charge in [0.2, 0.25) is 0 Å². The molecule has 2 aliphatic carbocycles. The molecule has 1 aliphatic heterocycles. The fraction of sp³-hybridized carbons (Fsp3) is 0.833. The predicted molar refractivity (Wildman–Crippen MR) is 61.8 cm³/mol. The van der Waals surface area contributed by atoms with Crippen LogP contribution >= 0.6 is 0 Å². The fourth-order valence-corrected chi connectivity index (χ4v) is 3.98. The minimum Gasteiger partial charge on any atom is -0.480 e. The van der Waals surface area contributed by atoms with Gasteiger partial charge in [-0.1, -0.05) is 0 Å². The van der Waals surface area contributed by atoms with Gasteiger partial charge in [0.15, 0.2) is 0 Å². The van der Waals surface area contributed by atoms with E-state index in [9.17, 15) is 14.7 Å². The second-order valence-corrected chi connectivity index (χ2v) is 5.80. The molecule has 0 aromatic rings. The van der Waals surface area contributed by atoms with Crippen LogP contribution in [0.15, 0.2) is 0 Å². The van der Waals surface area contributed by atoms with Crippen molar-refractivity contribution in [3.63, 3.8) is 0 Å². The van der Waals surface area contributed by atoms with E-state index >= 15 is 0 Å². The molecule has 0 aromatic carbocycles. The van der Waals surface area contributed by atoms with Crippen molar-refractivity contribution in [3.8, 4) is 0 Å². The van der Waals surface area contributed by atoms with Crippen LogP contribution < -0.4 is 5.32 Å². The summed E-state index contributed by atoms with van der Waals surface area (Å²) in [7, 11) is 0. The third-order valence-electron chi connectivity index (χ3n) is 4.82. The van der Waals surface area contributed by atoms with Crippen LogP contribution in [-0.2, 0) is 4.79 Å². The van der Waals surface area contributed by atoms with Crippen LogP contribution in [0.4, 0.5) is 4.79 Å². The number of nitrogens with zero attached hydrogens (tertiary/aromatic N) is 1. The first kappa shape index (κ1) is 11.8. The van der Waals surface area contributed by atoms with E-state index in [1.807, 2.05) is 0 Å². The highest BCUT2D eigenvalue weighted by Gasteiger charge is 2.60. The lowest BCUT2D eigenvalue weighted by atomic mass is 9.88. The van der Waals surface area contributed by atoms with E-state index in [0.29, 0.717) is 24.3 Å². The van der Waals surface area contributed by atoms with Gasteiger partial charge < -0.3 is 20.4 Å². The van der Waals surface area contributed by atoms with Crippen LogP contribution in [0.1, 0.15) is 19.8 Å². The number of aliphatic carboxylic acids is 1. The van der Waals surface area contributed by atoms with Gasteiger partial charge in [-0.3, -0.25) is 4.79 Å². The maximum Gasteiger partial charge on any atom is 0.325 e. The molecule has 6 nitrogen and oxygen atoms in total. The summed E-state index contributed by atoms with van der Waals surface area (Å²) in [4.78, 5) is 24.4. The molecule has 6 atom stereocenters. The lowest BCUT2D eigenvalue weighted by molar-refractivity contribution is -0.138. The Morgan fingerprint density at radius 1 is 1.33 bits per heavy atom. The van der Waals surface area contributed by atoms with Crippen LogP contribution in [0.5, 0.6) is 0 Å². The largest absolute Gasteiger partial charge is 0.480 e. The maximum atomic E-state index is 12.1. The Morgan fingerprint density at radius 2 is 2.06 bits per heavy atom. The summed E-state index contributed by atoms with van der Waals surface area (Å²) in [5, 5.41) is 21.4. The van der Waals surface area contributed by atoms with E-state index < -0.39 is 18.1 Å². The first-order valence-corrected chi connectivity index (χ1v) is 6.47. The minimum absolute atomic E-state index is 0.102. The zero-order valence-corrected chi connectivity index (χ0v) is 10.2. The van der Waals surface area contributed by atoms with Gasteiger partial charge in [0.05, 0.1) is 12.1 Å². The molecule has 1 saturated heterocycles. The molecule has 0 spiro atoms. The average molecular weight is 254 g/mol. The maximum absolute atomic E-state index is 12.1. The van der Waals surface area contributed by atoms with Crippen molar-refractivity contribution in [2.24, 2.45) is 17.8 Å². The van der Waals surface area contributed by atoms with Gasteiger partial charge in [-0.2, -0.15) is 0 Å². The lowest BCUT2D eigenvalue weighted by Gasteiger charge is -2.29. The highest BCUT2D eigenvalue weighted by molar-refractivity contribution is 5.82. The van der Waals surface area contributed by atoms with Crippen LogP contribution in [0.2, 0.25) is 0 Å². The second kappa shape index (κ2) is 3.85. The van der Waals surface area contributed by atoms with E-state index in [1.165, 1.54) is 6.92 Å². The Bertz CT molecular complexity index is 398. The zero-order chi connectivity index (χ0) is 13.0. The van der Waals surface area contributed by atoms with Crippen LogP contribution in [0, 0.1) is 17.8 Å². The summed E-state index contributed by atoms with van der Waals surface area (Å²) in [6.07, 6.45) is 1.58. The molecular formula is C12H18N2O4. The number of carbonyl (C=O) groups is 2. The number of carbonyl (C=O) groups excluding carboxylic acids is 1. The second-order valence-electron chi connectivity index (χ2n) is 5.80. The summed E-state index contributed by atoms with van der Waals surface area (Å²) in [6.45, 7) is 2.10. The predicted octanol–water partition coefficient (Wildman–Crippen LogP) is -0.130. The number of rotatable bonds is 2. The summed E-state index contributed by atoms with van der Waals surface area (Å²) in [5.41, 5.74) is 0. The molecule has 0 radical (unpaired) electrons. The fourth-order valence-electron chi connectivity index (χ4n) is 3.98. The first-order valence-electron chi connectivity index (χ1n) is 6.47. The molecule has 100 valence electrons. The standard InChI is InChI=1S/C12H18N2O4/c1-5(11(16)17)13-12(18)14-4-7-2-6-3-8(7)9(14)10(6)15/h5-10,15H,2-4H2,1H3,(H,13,18)(H,16,17)/t5-,6?,7?,8?,9?,10?/m0/s1. The highest BCUT2D eigenvalue weighted by Crippen LogP contribution is 2.54. The number of carboxylic acids is 1. The molecule has 1 heterocycles. The quantitative estimate of drug-likeness (QED) is 0.640. The smallest absolute Gasteiger partial charge is 0.325 e. The van der Waals surface area contributed by atoms with Gasteiger partial charge in [-0.15, -0.1) is 0 Å². The third kappa shape index (κ3) is 1.51. The number of fused-ring (bicyclic) bond motifs is 1. The normalized spacial score (nSPS) is 42.1. The van der Waals surface area contributed by atoms with E-state index in [0.717, 1.165) is 12.8 Å². The van der Waals surface area contributed by atoms with Crippen LogP contribution in [0.3, 0.4) is 0 Å². The van der Waals surface area contributed by atoms with Crippen molar-refractivity contribution in [1.82, 2.24) is 10.2 Å². The van der Waals surface area contributed by atoms with Crippen molar-refractivity contribution in [2.45, 2.75) is 38.0 Å². The van der Waals surface area contributed by atoms with Gasteiger partial charge in [-0.25, -0.2) is 4.79 Å². The topological polar surface area (TPSA) is 89.9 Å². The van der Waals surface area contributed by atoms with E-state index in [-0.39, 0.29) is 12.1 Å². The Labute approximate surface area is 105 Å². The van der Waals surface area contributed by atoms with Crippen molar-refractivity contribution in [3.05, 3.63) is 0 Å². The summed E-state index contributed by atoms with van der Waals surface area (Å²) >= 11 is 0. The number of aliphatic hydroxyl groups is 1. The SMILES string of the molecule is C[C@H](NC(=O)N1CC2CC3CC2C1C3O)C(=O)O. The van der Waals surface area contributed by atoms with Gasteiger partial charge in [0.25, 0.3) is 0 Å². The summed E-state index contributed by atoms with van der Waals surface area (Å²) < 4.78 is 0. The van der Waals surface area contributed by atoms with Crippen molar-refractivity contribution >= 4 is 12.0 Å². The molecule has 5 unspecified atom stereocenters. The molecule has 2 saturated carbocycles. The number of aliphatic hydroxyl groups excluding tert-OH is 1. The first-order chi connectivity index (χ1) is 8.49. The third-order valence-corrected chi connectivity index (χ3v) is 4.82. The van der Waals surface area contributed by atoms with E-state index in [4.69, 9.17) is 5.11 Å². The Morgan fingerprint density at radius 3 is 2.67 bits per heavy atom. The van der Waals surface area contributed by atoms with E-state index in [1.54, 1.807) is 4.90 Å². The van der Waals surface area contributed by atoms with Gasteiger partial charge in [-0.05, 0) is 37.5 Å². The van der Waals surface area contributed by atoms with Crippen LogP contribution in [-0.4, -0.2) is 51.8 Å². The van der Waals surface area contributed by atoms with E-state index in [2.05, 4.69) is 5.32 Å². The molecule has 3 N–H and O–H groups in total. The molecule has 3 rings (SSSR count). The Hall–Kier alpha value is -1.30. The summed E-state index contributed by atoms with van der Waals surface area (Å²) in [6, 6.07) is -1.36. The minimum atomic E-state index is -1.05. The Kier molecular flexibility index (Phi) is 2.52. The number of hydrogen-bond donors (Lipinski definition) is 3. The van der Waals surface area contributed by atoms with Gasteiger partial charge in [0.1, 0.15) is 6.04 Å². The zero-order valence-electron chi connectivity index (χ0n) is 10.2. The molecule has 3 fully saturated rings. The number of nitrogens with one attached hydrogen (secondary N) is 1. The highest BCUT2D eigenvalue weighted by atomic mass is 16.4. The molecule has 18 heavy (non-hydrogen) atoms. The molecule has 0 aromatic heterocycles. The number of urea groups is 1. The van der Waals surface area contributed by atoms with Gasteiger partial charge in [0, 0.05) is 6.54 Å². The number of amides is 2. The van der Waals surface area contributed by atoms with Crippen molar-refractivity contribution in [1.29, 1.82) is 0 Å². The molecule has 6 heteroatoms. The molecule has 2 bridgehead atoms. The molecule has 3 aliphatic rings. The lowest BCUT2D eigenvalue weighted by Crippen LogP contribution is -2.51.